The lowest BCUT2D eigenvalue weighted by Crippen LogP contribution is -2.38. The first kappa shape index (κ1) is 11.6. The average molecular weight is 237 g/mol. The maximum absolute atomic E-state index is 11.6. The van der Waals surface area contributed by atoms with E-state index in [1.165, 1.54) is 0 Å². The molecule has 0 aromatic carbocycles. The van der Waals surface area contributed by atoms with Gasteiger partial charge in [-0.05, 0) is 26.7 Å². The summed E-state index contributed by atoms with van der Waals surface area (Å²) >= 11 is 0. The van der Waals surface area contributed by atoms with E-state index in [4.69, 9.17) is 5.11 Å². The summed E-state index contributed by atoms with van der Waals surface area (Å²) < 4.78 is 0. The molecule has 6 heteroatoms. The van der Waals surface area contributed by atoms with Crippen LogP contribution in [0.5, 0.6) is 0 Å². The minimum atomic E-state index is -0.872. The molecule has 0 aliphatic carbocycles. The van der Waals surface area contributed by atoms with E-state index in [0.29, 0.717) is 30.2 Å². The Kier molecular flexibility index (Phi) is 2.87. The highest BCUT2D eigenvalue weighted by Gasteiger charge is 2.32. The van der Waals surface area contributed by atoms with Crippen molar-refractivity contribution < 1.29 is 9.90 Å². The quantitative estimate of drug-likeness (QED) is 0.779. The summed E-state index contributed by atoms with van der Waals surface area (Å²) in [6.45, 7) is 4.06. The third-order valence-electron chi connectivity index (χ3n) is 3.19. The number of hydrogen-bond donors (Lipinski definition) is 2. The number of carboxylic acid groups (broad SMARTS) is 1. The molecule has 1 unspecified atom stereocenters. The first-order valence-electron chi connectivity index (χ1n) is 5.57. The third kappa shape index (κ3) is 2.02. The molecule has 1 aliphatic rings. The van der Waals surface area contributed by atoms with Crippen molar-refractivity contribution in [2.45, 2.75) is 32.7 Å². The molecule has 0 radical (unpaired) electrons. The first-order valence-corrected chi connectivity index (χ1v) is 5.57. The first-order chi connectivity index (χ1) is 8.00. The number of carbonyl (C=O) groups is 1. The van der Waals surface area contributed by atoms with Crippen LogP contribution in [0, 0.1) is 13.8 Å². The van der Waals surface area contributed by atoms with Crippen molar-refractivity contribution in [3.63, 3.8) is 0 Å². The fourth-order valence-corrected chi connectivity index (χ4v) is 2.04. The molecular weight excluding hydrogens is 222 g/mol. The normalized spacial score (nSPS) is 19.6. The zero-order chi connectivity index (χ0) is 12.6. The van der Waals surface area contributed by atoms with Gasteiger partial charge in [0.05, 0.1) is 0 Å². The number of nitrogens with one attached hydrogen (secondary N) is 1. The van der Waals surface area contributed by atoms with Crippen molar-refractivity contribution in [1.29, 1.82) is 0 Å². The standard InChI is InChI=1S/C11H15N3O3/c1-6-7(2)12-11(13-9(6)15)14-5-3-4-8(14)10(16)17/h8H,3-5H2,1-2H3,(H,16,17)(H,12,13,15). The van der Waals surface area contributed by atoms with Gasteiger partial charge in [-0.2, -0.15) is 0 Å². The van der Waals surface area contributed by atoms with Gasteiger partial charge >= 0.3 is 5.97 Å². The molecule has 1 atom stereocenters. The highest BCUT2D eigenvalue weighted by molar-refractivity contribution is 5.78. The van der Waals surface area contributed by atoms with Crippen LogP contribution in [0.25, 0.3) is 0 Å². The summed E-state index contributed by atoms with van der Waals surface area (Å²) in [5, 5.41) is 9.08. The van der Waals surface area contributed by atoms with E-state index in [-0.39, 0.29) is 5.56 Å². The van der Waals surface area contributed by atoms with Crippen molar-refractivity contribution >= 4 is 11.9 Å². The molecule has 1 aromatic heterocycles. The molecule has 17 heavy (non-hydrogen) atoms. The molecule has 1 saturated heterocycles. The summed E-state index contributed by atoms with van der Waals surface area (Å²) in [7, 11) is 0. The van der Waals surface area contributed by atoms with Gasteiger partial charge in [-0.25, -0.2) is 9.78 Å². The van der Waals surface area contributed by atoms with Crippen LogP contribution in [0.3, 0.4) is 0 Å². The van der Waals surface area contributed by atoms with Crippen molar-refractivity contribution in [2.75, 3.05) is 11.4 Å². The Labute approximate surface area is 98.3 Å². The van der Waals surface area contributed by atoms with E-state index in [1.54, 1.807) is 18.7 Å². The molecule has 2 rings (SSSR count). The number of nitrogens with zero attached hydrogens (tertiary/aromatic N) is 2. The maximum atomic E-state index is 11.6. The van der Waals surface area contributed by atoms with Crippen molar-refractivity contribution in [2.24, 2.45) is 0 Å². The van der Waals surface area contributed by atoms with E-state index in [9.17, 15) is 9.59 Å². The summed E-state index contributed by atoms with van der Waals surface area (Å²) in [5.74, 6) is -0.508. The molecule has 92 valence electrons. The Bertz CT molecular complexity index is 509. The topological polar surface area (TPSA) is 86.3 Å². The molecule has 1 fully saturated rings. The zero-order valence-corrected chi connectivity index (χ0v) is 9.86. The Morgan fingerprint density at radius 1 is 1.53 bits per heavy atom. The smallest absolute Gasteiger partial charge is 0.326 e. The Hall–Kier alpha value is -1.85. The molecule has 1 aromatic rings. The Balaban J connectivity index is 2.40. The van der Waals surface area contributed by atoms with E-state index in [1.807, 2.05) is 0 Å². The summed E-state index contributed by atoms with van der Waals surface area (Å²) in [6, 6.07) is -0.583. The maximum Gasteiger partial charge on any atom is 0.326 e. The highest BCUT2D eigenvalue weighted by atomic mass is 16.4. The van der Waals surface area contributed by atoms with Crippen LogP contribution in [0.1, 0.15) is 24.1 Å². The number of aryl methyl sites for hydroxylation is 1. The van der Waals surface area contributed by atoms with Gasteiger partial charge in [-0.1, -0.05) is 0 Å². The largest absolute Gasteiger partial charge is 0.480 e. The van der Waals surface area contributed by atoms with E-state index in [2.05, 4.69) is 9.97 Å². The molecule has 2 N–H and O–H groups in total. The number of aromatic amines is 1. The second kappa shape index (κ2) is 4.20. The Morgan fingerprint density at radius 3 is 2.82 bits per heavy atom. The molecule has 1 aliphatic heterocycles. The number of carboxylic acids is 1. The number of rotatable bonds is 2. The van der Waals surface area contributed by atoms with E-state index < -0.39 is 12.0 Å². The fraction of sp³-hybridized carbons (Fsp3) is 0.545. The zero-order valence-electron chi connectivity index (χ0n) is 9.86. The Morgan fingerprint density at radius 2 is 2.24 bits per heavy atom. The molecule has 0 saturated carbocycles. The molecule has 2 heterocycles. The minimum absolute atomic E-state index is 0.205. The van der Waals surface area contributed by atoms with E-state index in [0.717, 1.165) is 6.42 Å². The van der Waals surface area contributed by atoms with Gasteiger partial charge in [0.2, 0.25) is 5.95 Å². The van der Waals surface area contributed by atoms with Crippen LogP contribution in [0.2, 0.25) is 0 Å². The average Bonchev–Trinajstić information content (AvgIpc) is 2.74. The predicted octanol–water partition coefficient (Wildman–Crippen LogP) is 0.440. The highest BCUT2D eigenvalue weighted by Crippen LogP contribution is 2.22. The SMILES string of the molecule is Cc1nc(N2CCCC2C(=O)O)[nH]c(=O)c1C. The van der Waals surface area contributed by atoms with Gasteiger partial charge in [0.25, 0.3) is 5.56 Å². The lowest BCUT2D eigenvalue weighted by molar-refractivity contribution is -0.138. The predicted molar refractivity (Wildman–Crippen MR) is 62.3 cm³/mol. The summed E-state index contributed by atoms with van der Waals surface area (Å²) in [5.41, 5.74) is 1.00. The molecular formula is C11H15N3O3. The van der Waals surface area contributed by atoms with Gasteiger partial charge in [0.15, 0.2) is 0 Å². The lowest BCUT2D eigenvalue weighted by Gasteiger charge is -2.22. The third-order valence-corrected chi connectivity index (χ3v) is 3.19. The number of H-pyrrole nitrogens is 1. The summed E-state index contributed by atoms with van der Waals surface area (Å²) in [4.78, 5) is 31.2. The summed E-state index contributed by atoms with van der Waals surface area (Å²) in [6.07, 6.45) is 1.39. The van der Waals surface area contributed by atoms with Gasteiger partial charge in [-0.15, -0.1) is 0 Å². The fourth-order valence-electron chi connectivity index (χ4n) is 2.04. The van der Waals surface area contributed by atoms with Gasteiger partial charge in [0.1, 0.15) is 6.04 Å². The van der Waals surface area contributed by atoms with Gasteiger partial charge in [0, 0.05) is 17.8 Å². The van der Waals surface area contributed by atoms with Gasteiger partial charge in [-0.3, -0.25) is 9.78 Å². The molecule has 0 bridgehead atoms. The number of anilines is 1. The molecule has 0 spiro atoms. The van der Waals surface area contributed by atoms with Crippen LogP contribution in [0.15, 0.2) is 4.79 Å². The van der Waals surface area contributed by atoms with Crippen LogP contribution in [-0.2, 0) is 4.79 Å². The van der Waals surface area contributed by atoms with Crippen LogP contribution >= 0.6 is 0 Å². The molecule has 6 nitrogen and oxygen atoms in total. The van der Waals surface area contributed by atoms with Crippen LogP contribution in [0.4, 0.5) is 5.95 Å². The number of aliphatic carboxylic acids is 1. The second-order valence-electron chi connectivity index (χ2n) is 4.29. The molecule has 0 amide bonds. The van der Waals surface area contributed by atoms with Crippen LogP contribution < -0.4 is 10.5 Å². The lowest BCUT2D eigenvalue weighted by atomic mass is 10.2. The second-order valence-corrected chi connectivity index (χ2v) is 4.29. The van der Waals surface area contributed by atoms with Crippen molar-refractivity contribution in [3.05, 3.63) is 21.6 Å². The van der Waals surface area contributed by atoms with Gasteiger partial charge < -0.3 is 10.0 Å². The van der Waals surface area contributed by atoms with Crippen LogP contribution in [-0.4, -0.2) is 33.6 Å². The monoisotopic (exact) mass is 237 g/mol. The van der Waals surface area contributed by atoms with Crippen molar-refractivity contribution in [3.8, 4) is 0 Å². The van der Waals surface area contributed by atoms with E-state index >= 15 is 0 Å². The number of aromatic nitrogens is 2. The number of hydrogen-bond acceptors (Lipinski definition) is 4. The minimum Gasteiger partial charge on any atom is -0.480 e. The van der Waals surface area contributed by atoms with Crippen molar-refractivity contribution in [1.82, 2.24) is 9.97 Å².